The van der Waals surface area contributed by atoms with E-state index in [2.05, 4.69) is 5.10 Å². The van der Waals surface area contributed by atoms with E-state index in [4.69, 9.17) is 14.2 Å². The molecule has 0 aliphatic rings. The highest BCUT2D eigenvalue weighted by molar-refractivity contribution is 5.99. The lowest BCUT2D eigenvalue weighted by atomic mass is 9.88. The standard InChI is InChI=1S/C24H26N2O4/c1-26-16-19(15-25-26)22(13-14-23(27)30-4)24(17-5-9-20(28-2)10-6-17)18-7-11-21(29-3)12-8-18/h5-12,15-16H,13-14H2,1-4H3. The number of carbonyl (C=O) groups is 1. The summed E-state index contributed by atoms with van der Waals surface area (Å²) in [7, 11) is 6.57. The molecule has 3 rings (SSSR count). The Labute approximate surface area is 176 Å². The molecule has 2 aromatic carbocycles. The molecule has 0 fully saturated rings. The van der Waals surface area contributed by atoms with E-state index in [1.54, 1.807) is 18.9 Å². The van der Waals surface area contributed by atoms with Crippen molar-refractivity contribution >= 4 is 17.1 Å². The van der Waals surface area contributed by atoms with E-state index in [0.29, 0.717) is 6.42 Å². The zero-order valence-corrected chi connectivity index (χ0v) is 17.7. The molecule has 30 heavy (non-hydrogen) atoms. The van der Waals surface area contributed by atoms with Crippen molar-refractivity contribution in [3.63, 3.8) is 0 Å². The number of nitrogens with zero attached hydrogens (tertiary/aromatic N) is 2. The molecule has 0 saturated carbocycles. The maximum Gasteiger partial charge on any atom is 0.305 e. The summed E-state index contributed by atoms with van der Waals surface area (Å²) in [5.41, 5.74) is 5.04. The number of aromatic nitrogens is 2. The average Bonchev–Trinajstić information content (AvgIpc) is 3.22. The first-order valence-electron chi connectivity index (χ1n) is 9.63. The van der Waals surface area contributed by atoms with Crippen molar-refractivity contribution in [1.29, 1.82) is 0 Å². The van der Waals surface area contributed by atoms with E-state index < -0.39 is 0 Å². The van der Waals surface area contributed by atoms with Gasteiger partial charge in [0, 0.05) is 25.2 Å². The van der Waals surface area contributed by atoms with Crippen molar-refractivity contribution in [1.82, 2.24) is 9.78 Å². The van der Waals surface area contributed by atoms with E-state index in [0.717, 1.165) is 39.3 Å². The van der Waals surface area contributed by atoms with Gasteiger partial charge in [-0.3, -0.25) is 9.48 Å². The number of rotatable bonds is 8. The van der Waals surface area contributed by atoms with Crippen LogP contribution in [-0.4, -0.2) is 37.1 Å². The second kappa shape index (κ2) is 9.78. The van der Waals surface area contributed by atoms with Gasteiger partial charge >= 0.3 is 5.97 Å². The number of aryl methyl sites for hydroxylation is 1. The number of hydrogen-bond acceptors (Lipinski definition) is 5. The molecule has 0 amide bonds. The van der Waals surface area contributed by atoms with Crippen LogP contribution in [0.25, 0.3) is 11.1 Å². The first-order valence-corrected chi connectivity index (χ1v) is 9.63. The molecule has 156 valence electrons. The fourth-order valence-electron chi connectivity index (χ4n) is 3.35. The van der Waals surface area contributed by atoms with Gasteiger partial charge in [0.1, 0.15) is 11.5 Å². The molecule has 0 saturated heterocycles. The summed E-state index contributed by atoms with van der Waals surface area (Å²) in [6.45, 7) is 0. The molecule has 0 N–H and O–H groups in total. The molecule has 0 aliphatic heterocycles. The molecule has 0 bridgehead atoms. The molecule has 0 aliphatic carbocycles. The van der Waals surface area contributed by atoms with Gasteiger partial charge < -0.3 is 14.2 Å². The van der Waals surface area contributed by atoms with Crippen LogP contribution in [0.3, 0.4) is 0 Å². The highest BCUT2D eigenvalue weighted by Crippen LogP contribution is 2.36. The fraction of sp³-hybridized carbons (Fsp3) is 0.250. The molecule has 1 aromatic heterocycles. The molecule has 0 spiro atoms. The normalized spacial score (nSPS) is 10.4. The zero-order chi connectivity index (χ0) is 21.5. The largest absolute Gasteiger partial charge is 0.497 e. The summed E-state index contributed by atoms with van der Waals surface area (Å²) in [4.78, 5) is 11.9. The number of hydrogen-bond donors (Lipinski definition) is 0. The summed E-state index contributed by atoms with van der Waals surface area (Å²) in [5.74, 6) is 1.32. The van der Waals surface area contributed by atoms with Crippen LogP contribution in [0, 0.1) is 0 Å². The smallest absolute Gasteiger partial charge is 0.305 e. The van der Waals surface area contributed by atoms with Gasteiger partial charge in [-0.05, 0) is 53.0 Å². The lowest BCUT2D eigenvalue weighted by molar-refractivity contribution is -0.140. The monoisotopic (exact) mass is 406 g/mol. The van der Waals surface area contributed by atoms with Gasteiger partial charge in [-0.1, -0.05) is 24.3 Å². The zero-order valence-electron chi connectivity index (χ0n) is 17.7. The molecule has 0 unspecified atom stereocenters. The van der Waals surface area contributed by atoms with Crippen molar-refractivity contribution < 1.29 is 19.0 Å². The van der Waals surface area contributed by atoms with E-state index in [1.807, 2.05) is 68.0 Å². The van der Waals surface area contributed by atoms with Crippen LogP contribution in [0.5, 0.6) is 11.5 Å². The van der Waals surface area contributed by atoms with Gasteiger partial charge in [0.05, 0.1) is 27.5 Å². The summed E-state index contributed by atoms with van der Waals surface area (Å²) in [6, 6.07) is 15.8. The highest BCUT2D eigenvalue weighted by atomic mass is 16.5. The Morgan fingerprint density at radius 1 is 0.833 bits per heavy atom. The Balaban J connectivity index is 2.21. The van der Waals surface area contributed by atoms with Gasteiger partial charge in [-0.25, -0.2) is 0 Å². The molecule has 6 heteroatoms. The van der Waals surface area contributed by atoms with Crippen LogP contribution in [0.2, 0.25) is 0 Å². The predicted octanol–water partition coefficient (Wildman–Crippen LogP) is 4.35. The first-order chi connectivity index (χ1) is 14.5. The van der Waals surface area contributed by atoms with E-state index in [-0.39, 0.29) is 12.4 Å². The first kappa shape index (κ1) is 21.2. The van der Waals surface area contributed by atoms with Crippen LogP contribution in [0.15, 0.2) is 60.9 Å². The Kier molecular flexibility index (Phi) is 6.91. The van der Waals surface area contributed by atoms with Crippen molar-refractivity contribution in [2.75, 3.05) is 21.3 Å². The number of esters is 1. The van der Waals surface area contributed by atoms with E-state index >= 15 is 0 Å². The van der Waals surface area contributed by atoms with Crippen molar-refractivity contribution in [3.8, 4) is 11.5 Å². The van der Waals surface area contributed by atoms with Gasteiger partial charge in [-0.2, -0.15) is 5.10 Å². The minimum atomic E-state index is -0.250. The van der Waals surface area contributed by atoms with E-state index in [9.17, 15) is 4.79 Å². The Hall–Kier alpha value is -3.54. The summed E-state index contributed by atoms with van der Waals surface area (Å²) < 4.78 is 17.3. The van der Waals surface area contributed by atoms with E-state index in [1.165, 1.54) is 7.11 Å². The third kappa shape index (κ3) is 4.89. The van der Waals surface area contributed by atoms with Crippen LogP contribution in [-0.2, 0) is 16.6 Å². The topological polar surface area (TPSA) is 62.6 Å². The van der Waals surface area contributed by atoms with Crippen molar-refractivity contribution in [3.05, 3.63) is 77.6 Å². The minimum absolute atomic E-state index is 0.250. The number of carbonyl (C=O) groups excluding carboxylic acids is 1. The maximum atomic E-state index is 11.9. The molecule has 1 heterocycles. The SMILES string of the molecule is COC(=O)CCC(=C(c1ccc(OC)cc1)c1ccc(OC)cc1)c1cnn(C)c1. The second-order valence-corrected chi connectivity index (χ2v) is 6.79. The molecular formula is C24H26N2O4. The van der Waals surface area contributed by atoms with Crippen LogP contribution >= 0.6 is 0 Å². The number of benzene rings is 2. The Morgan fingerprint density at radius 3 is 1.77 bits per heavy atom. The van der Waals surface area contributed by atoms with Crippen molar-refractivity contribution in [2.45, 2.75) is 12.8 Å². The van der Waals surface area contributed by atoms with Gasteiger partial charge in [-0.15, -0.1) is 0 Å². The number of ether oxygens (including phenoxy) is 3. The van der Waals surface area contributed by atoms with Gasteiger partial charge in [0.25, 0.3) is 0 Å². The molecule has 3 aromatic rings. The van der Waals surface area contributed by atoms with Crippen LogP contribution in [0.1, 0.15) is 29.5 Å². The number of allylic oxidation sites excluding steroid dienone is 1. The van der Waals surface area contributed by atoms with Crippen molar-refractivity contribution in [2.24, 2.45) is 7.05 Å². The van der Waals surface area contributed by atoms with Gasteiger partial charge in [0.2, 0.25) is 0 Å². The second-order valence-electron chi connectivity index (χ2n) is 6.79. The Morgan fingerprint density at radius 2 is 1.37 bits per heavy atom. The van der Waals surface area contributed by atoms with Crippen LogP contribution in [0.4, 0.5) is 0 Å². The molecular weight excluding hydrogens is 380 g/mol. The lowest BCUT2D eigenvalue weighted by Crippen LogP contribution is -2.02. The lowest BCUT2D eigenvalue weighted by Gasteiger charge is -2.17. The predicted molar refractivity (Wildman–Crippen MR) is 116 cm³/mol. The minimum Gasteiger partial charge on any atom is -0.497 e. The average molecular weight is 406 g/mol. The third-order valence-electron chi connectivity index (χ3n) is 4.92. The third-order valence-corrected chi connectivity index (χ3v) is 4.92. The molecule has 6 nitrogen and oxygen atoms in total. The molecule has 0 atom stereocenters. The van der Waals surface area contributed by atoms with Gasteiger partial charge in [0.15, 0.2) is 0 Å². The quantitative estimate of drug-likeness (QED) is 0.521. The van der Waals surface area contributed by atoms with Crippen LogP contribution < -0.4 is 9.47 Å². The molecule has 0 radical (unpaired) electrons. The summed E-state index contributed by atoms with van der Waals surface area (Å²) in [5, 5.41) is 4.34. The summed E-state index contributed by atoms with van der Waals surface area (Å²) in [6.07, 6.45) is 4.57. The summed E-state index contributed by atoms with van der Waals surface area (Å²) >= 11 is 0. The highest BCUT2D eigenvalue weighted by Gasteiger charge is 2.17. The fourth-order valence-corrected chi connectivity index (χ4v) is 3.35. The number of methoxy groups -OCH3 is 3. The maximum absolute atomic E-state index is 11.9. The Bertz CT molecular complexity index is 969.